The maximum Gasteiger partial charge on any atom is 0.343 e. The highest BCUT2D eigenvalue weighted by molar-refractivity contribution is 5.95. The summed E-state index contributed by atoms with van der Waals surface area (Å²) in [7, 11) is 0. The van der Waals surface area contributed by atoms with Crippen molar-refractivity contribution in [2.75, 3.05) is 0 Å². The highest BCUT2D eigenvalue weighted by Crippen LogP contribution is 2.42. The first-order valence-corrected chi connectivity index (χ1v) is 22.8. The fraction of sp³-hybridized carbons (Fsp3) is 0.0526. The molecule has 0 saturated heterocycles. The van der Waals surface area contributed by atoms with Crippen LogP contribution in [-0.4, -0.2) is 65.7 Å². The Kier molecular flexibility index (Phi) is 14.0. The molecule has 0 bridgehead atoms. The van der Waals surface area contributed by atoms with Gasteiger partial charge in [0.2, 0.25) is 0 Å². The fourth-order valence-electron chi connectivity index (χ4n) is 7.89. The SMILES string of the molecule is O=C(Oc1cc2c(cc1OC(=O)c1ccncc1)Cc1cc(OC(=O)c3ccncc3)c(OC(=O)c3ccncc3)cc1Cc1cc(OC(=O)c3ccncc3)c(OC(=O)c3ccncc3)cc1C2)c1ccncc1. The molecule has 0 aliphatic heterocycles. The summed E-state index contributed by atoms with van der Waals surface area (Å²) in [5.41, 5.74) is 4.11. The van der Waals surface area contributed by atoms with Crippen molar-refractivity contribution in [1.29, 1.82) is 0 Å². The molecule has 10 rings (SSSR count). The lowest BCUT2D eigenvalue weighted by Crippen LogP contribution is -2.14. The summed E-state index contributed by atoms with van der Waals surface area (Å²) in [5.74, 6) is -5.48. The number of hydrogen-bond donors (Lipinski definition) is 0. The topological polar surface area (TPSA) is 235 Å². The number of nitrogens with zero attached hydrogens (tertiary/aromatic N) is 6. The van der Waals surface area contributed by atoms with Crippen molar-refractivity contribution in [3.05, 3.63) is 250 Å². The van der Waals surface area contributed by atoms with Crippen molar-refractivity contribution < 1.29 is 57.2 Å². The van der Waals surface area contributed by atoms with Gasteiger partial charge in [-0.3, -0.25) is 29.9 Å². The Morgan fingerprint density at radius 2 is 0.373 bits per heavy atom. The van der Waals surface area contributed by atoms with Crippen molar-refractivity contribution in [1.82, 2.24) is 29.9 Å². The minimum absolute atomic E-state index is 0.0448. The van der Waals surface area contributed by atoms with E-state index >= 15 is 0 Å². The first-order valence-electron chi connectivity index (χ1n) is 22.8. The average Bonchev–Trinajstić information content (AvgIpc) is 3.51. The Hall–Kier alpha value is -10.6. The molecule has 0 amide bonds. The smallest absolute Gasteiger partial charge is 0.343 e. The van der Waals surface area contributed by atoms with Gasteiger partial charge in [0.25, 0.3) is 0 Å². The van der Waals surface area contributed by atoms with Crippen molar-refractivity contribution in [3.8, 4) is 34.5 Å². The molecule has 9 aromatic rings. The van der Waals surface area contributed by atoms with Gasteiger partial charge in [0.15, 0.2) is 34.5 Å². The molecule has 1 aliphatic rings. The molecule has 1 aliphatic carbocycles. The van der Waals surface area contributed by atoms with E-state index < -0.39 is 35.8 Å². The number of aromatic nitrogens is 6. The lowest BCUT2D eigenvalue weighted by atomic mass is 9.94. The Morgan fingerprint density at radius 1 is 0.240 bits per heavy atom. The van der Waals surface area contributed by atoms with Crippen LogP contribution < -0.4 is 28.4 Å². The Morgan fingerprint density at radius 3 is 0.507 bits per heavy atom. The fourth-order valence-corrected chi connectivity index (χ4v) is 7.89. The van der Waals surface area contributed by atoms with Crippen LogP contribution >= 0.6 is 0 Å². The highest BCUT2D eigenvalue weighted by Gasteiger charge is 2.28. The van der Waals surface area contributed by atoms with Crippen LogP contribution in [-0.2, 0) is 19.3 Å². The van der Waals surface area contributed by atoms with Gasteiger partial charge in [-0.1, -0.05) is 0 Å². The van der Waals surface area contributed by atoms with Gasteiger partial charge in [0.05, 0.1) is 33.4 Å². The van der Waals surface area contributed by atoms with E-state index in [9.17, 15) is 28.8 Å². The van der Waals surface area contributed by atoms with Gasteiger partial charge in [-0.15, -0.1) is 0 Å². The highest BCUT2D eigenvalue weighted by atomic mass is 16.6. The zero-order chi connectivity index (χ0) is 51.7. The molecule has 0 atom stereocenters. The largest absolute Gasteiger partial charge is 0.419 e. The van der Waals surface area contributed by atoms with Crippen molar-refractivity contribution in [3.63, 3.8) is 0 Å². The summed E-state index contributed by atoms with van der Waals surface area (Å²) >= 11 is 0. The van der Waals surface area contributed by atoms with E-state index in [1.807, 2.05) is 0 Å². The molecule has 0 saturated carbocycles. The van der Waals surface area contributed by atoms with Gasteiger partial charge in [0.1, 0.15) is 0 Å². The molecule has 6 heterocycles. The zero-order valence-electron chi connectivity index (χ0n) is 39.0. The number of fused-ring (bicyclic) bond motifs is 3. The van der Waals surface area contributed by atoms with Crippen molar-refractivity contribution in [2.45, 2.75) is 19.3 Å². The van der Waals surface area contributed by atoms with Gasteiger partial charge < -0.3 is 28.4 Å². The molecule has 0 unspecified atom stereocenters. The molecule has 0 N–H and O–H groups in total. The van der Waals surface area contributed by atoms with E-state index in [0.29, 0.717) is 33.4 Å². The average molecular weight is 997 g/mol. The van der Waals surface area contributed by atoms with Crippen LogP contribution in [0, 0.1) is 0 Å². The number of rotatable bonds is 12. The van der Waals surface area contributed by atoms with Gasteiger partial charge in [-0.25, -0.2) is 28.8 Å². The summed E-state index contributed by atoms with van der Waals surface area (Å²) in [6.45, 7) is 0. The summed E-state index contributed by atoms with van der Waals surface area (Å²) in [5, 5.41) is 0. The standard InChI is InChI=1S/C57H36N6O12/c64-52(34-1-13-58-14-2-34)70-46-28-40-25-42-30-48(72-54(66)36-5-17-60-18-6-36)50(74-56(68)38-9-21-62-22-10-38)32-44(42)27-45-33-51(75-57(69)39-11-23-63-24-12-39)49(73-55(67)37-7-19-61-20-8-37)31-43(45)26-41(40)29-47(46)71-53(65)35-3-15-59-16-4-35/h1-24,28-33H,25-27H2. The van der Waals surface area contributed by atoms with E-state index in [4.69, 9.17) is 28.4 Å². The van der Waals surface area contributed by atoms with Gasteiger partial charge in [-0.05, 0) is 162 Å². The number of pyridine rings is 6. The van der Waals surface area contributed by atoms with Crippen LogP contribution in [0.2, 0.25) is 0 Å². The number of ether oxygens (including phenoxy) is 6. The predicted molar refractivity (Wildman–Crippen MR) is 263 cm³/mol. The first kappa shape index (κ1) is 48.0. The van der Waals surface area contributed by atoms with Crippen molar-refractivity contribution >= 4 is 35.8 Å². The van der Waals surface area contributed by atoms with Crippen LogP contribution in [0.15, 0.2) is 184 Å². The Bertz CT molecular complexity index is 3010. The van der Waals surface area contributed by atoms with Gasteiger partial charge in [0, 0.05) is 74.4 Å². The van der Waals surface area contributed by atoms with Crippen LogP contribution in [0.25, 0.3) is 0 Å². The molecule has 75 heavy (non-hydrogen) atoms. The zero-order valence-corrected chi connectivity index (χ0v) is 39.0. The van der Waals surface area contributed by atoms with Gasteiger partial charge >= 0.3 is 35.8 Å². The number of carbonyl (C=O) groups excluding carboxylic acids is 6. The molecule has 0 spiro atoms. The van der Waals surface area contributed by atoms with Crippen LogP contribution in [0.5, 0.6) is 34.5 Å². The lowest BCUT2D eigenvalue weighted by molar-refractivity contribution is 0.0682. The summed E-state index contributed by atoms with van der Waals surface area (Å²) in [4.78, 5) is 107. The third kappa shape index (κ3) is 11.3. The third-order valence-electron chi connectivity index (χ3n) is 11.7. The first-order chi connectivity index (χ1) is 36.6. The maximum absolute atomic E-state index is 13.8. The van der Waals surface area contributed by atoms with E-state index in [1.54, 1.807) is 36.4 Å². The lowest BCUT2D eigenvalue weighted by Gasteiger charge is -2.18. The molecular weight excluding hydrogens is 961 g/mol. The number of benzene rings is 3. The van der Waals surface area contributed by atoms with Gasteiger partial charge in [-0.2, -0.15) is 0 Å². The van der Waals surface area contributed by atoms with Crippen LogP contribution in [0.3, 0.4) is 0 Å². The summed E-state index contributed by atoms with van der Waals surface area (Å²) < 4.78 is 36.1. The second kappa shape index (κ2) is 21.8. The monoisotopic (exact) mass is 996 g/mol. The number of hydrogen-bond acceptors (Lipinski definition) is 18. The molecule has 18 heteroatoms. The summed E-state index contributed by atoms with van der Waals surface area (Å²) in [6.07, 6.45) is 17.2. The maximum atomic E-state index is 13.8. The quantitative estimate of drug-likeness (QED) is 0.0824. The molecule has 18 nitrogen and oxygen atoms in total. The second-order valence-corrected chi connectivity index (χ2v) is 16.5. The Balaban J connectivity index is 1.17. The number of carbonyl (C=O) groups is 6. The normalized spacial score (nSPS) is 11.4. The number of esters is 6. The van der Waals surface area contributed by atoms with E-state index in [1.165, 1.54) is 147 Å². The van der Waals surface area contributed by atoms with Crippen LogP contribution in [0.1, 0.15) is 95.5 Å². The minimum Gasteiger partial charge on any atom is -0.419 e. The van der Waals surface area contributed by atoms with E-state index in [0.717, 1.165) is 0 Å². The van der Waals surface area contributed by atoms with E-state index in [-0.39, 0.29) is 87.1 Å². The van der Waals surface area contributed by atoms with Crippen LogP contribution in [0.4, 0.5) is 0 Å². The summed E-state index contributed by atoms with van der Waals surface area (Å²) in [6, 6.07) is 26.9. The third-order valence-corrected chi connectivity index (χ3v) is 11.7. The van der Waals surface area contributed by atoms with E-state index in [2.05, 4.69) is 29.9 Å². The minimum atomic E-state index is -0.784. The molecule has 6 aromatic heterocycles. The molecule has 0 fully saturated rings. The Labute approximate surface area is 425 Å². The molecule has 366 valence electrons. The molecular formula is C57H36N6O12. The molecule has 3 aromatic carbocycles. The van der Waals surface area contributed by atoms with Crippen molar-refractivity contribution in [2.24, 2.45) is 0 Å². The molecule has 0 radical (unpaired) electrons. The predicted octanol–water partition coefficient (Wildman–Crippen LogP) is 8.46. The second-order valence-electron chi connectivity index (χ2n) is 16.5.